The third-order valence-corrected chi connectivity index (χ3v) is 2.95. The summed E-state index contributed by atoms with van der Waals surface area (Å²) in [4.78, 5) is 17.9. The molecular weight excluding hydrogens is 268 g/mol. The van der Waals surface area contributed by atoms with Gasteiger partial charge >= 0.3 is 0 Å². The predicted octanol–water partition coefficient (Wildman–Crippen LogP) is 1.05. The van der Waals surface area contributed by atoms with E-state index in [4.69, 9.17) is 10.2 Å². The molecule has 1 heterocycles. The monoisotopic (exact) mass is 290 g/mol. The first-order valence-electron chi connectivity index (χ1n) is 7.11. The minimum Gasteiger partial charge on any atom is -0.396 e. The van der Waals surface area contributed by atoms with Crippen molar-refractivity contribution in [3.05, 3.63) is 29.6 Å². The zero-order chi connectivity index (χ0) is 15.5. The number of aliphatic hydroxyl groups is 2. The van der Waals surface area contributed by atoms with Gasteiger partial charge in [-0.2, -0.15) is 0 Å². The van der Waals surface area contributed by atoms with E-state index in [-0.39, 0.29) is 19.1 Å². The fraction of sp³-hybridized carbons (Fsp3) is 0.500. The zero-order valence-electron chi connectivity index (χ0n) is 12.4. The van der Waals surface area contributed by atoms with Gasteiger partial charge in [-0.25, -0.2) is 4.98 Å². The standard InChI is InChI=1S/C16H22N2O3/c1-18(10-4-2-5-11-19)16(21)15-9-8-14(13-17-15)7-3-6-12-20/h8-9,13,19-20H,2,4-6,10-12H2,1H3. The van der Waals surface area contributed by atoms with E-state index in [1.54, 1.807) is 30.3 Å². The molecule has 1 rings (SSSR count). The van der Waals surface area contributed by atoms with Gasteiger partial charge in [0.2, 0.25) is 0 Å². The number of nitrogens with zero attached hydrogens (tertiary/aromatic N) is 2. The maximum atomic E-state index is 12.1. The van der Waals surface area contributed by atoms with E-state index < -0.39 is 0 Å². The largest absolute Gasteiger partial charge is 0.396 e. The Balaban J connectivity index is 2.52. The summed E-state index contributed by atoms with van der Waals surface area (Å²) in [6, 6.07) is 3.42. The molecule has 0 fully saturated rings. The Morgan fingerprint density at radius 2 is 2.05 bits per heavy atom. The van der Waals surface area contributed by atoms with Crippen LogP contribution in [0.3, 0.4) is 0 Å². The summed E-state index contributed by atoms with van der Waals surface area (Å²) in [6.45, 7) is 0.884. The van der Waals surface area contributed by atoms with Gasteiger partial charge in [-0.1, -0.05) is 11.8 Å². The number of aromatic nitrogens is 1. The Kier molecular flexibility index (Phi) is 8.10. The van der Waals surface area contributed by atoms with Gasteiger partial charge in [0.25, 0.3) is 5.91 Å². The van der Waals surface area contributed by atoms with Crippen LogP contribution in [-0.4, -0.2) is 52.8 Å². The van der Waals surface area contributed by atoms with Crippen LogP contribution in [0.4, 0.5) is 0 Å². The normalized spacial score (nSPS) is 9.86. The number of pyridine rings is 1. The summed E-state index contributed by atoms with van der Waals surface area (Å²) in [5.41, 5.74) is 1.12. The molecule has 0 radical (unpaired) electrons. The highest BCUT2D eigenvalue weighted by molar-refractivity contribution is 5.92. The number of hydrogen-bond acceptors (Lipinski definition) is 4. The molecule has 5 nitrogen and oxygen atoms in total. The molecule has 0 aliphatic rings. The highest BCUT2D eigenvalue weighted by Crippen LogP contribution is 2.04. The van der Waals surface area contributed by atoms with Gasteiger partial charge in [0, 0.05) is 38.4 Å². The molecule has 0 aliphatic carbocycles. The van der Waals surface area contributed by atoms with E-state index in [0.717, 1.165) is 24.8 Å². The lowest BCUT2D eigenvalue weighted by Crippen LogP contribution is -2.28. The summed E-state index contributed by atoms with van der Waals surface area (Å²) >= 11 is 0. The Morgan fingerprint density at radius 1 is 1.24 bits per heavy atom. The summed E-state index contributed by atoms with van der Waals surface area (Å²) in [7, 11) is 1.75. The molecule has 0 atom stereocenters. The lowest BCUT2D eigenvalue weighted by molar-refractivity contribution is 0.0786. The van der Waals surface area contributed by atoms with Crippen molar-refractivity contribution in [2.24, 2.45) is 0 Å². The average molecular weight is 290 g/mol. The molecule has 0 bridgehead atoms. The van der Waals surface area contributed by atoms with Gasteiger partial charge in [0.1, 0.15) is 5.69 Å². The van der Waals surface area contributed by atoms with E-state index in [2.05, 4.69) is 16.8 Å². The number of carbonyl (C=O) groups is 1. The minimum atomic E-state index is -0.117. The van der Waals surface area contributed by atoms with Gasteiger partial charge in [0.15, 0.2) is 0 Å². The molecule has 0 aromatic carbocycles. The first-order chi connectivity index (χ1) is 10.2. The second-order valence-corrected chi connectivity index (χ2v) is 4.72. The third-order valence-electron chi connectivity index (χ3n) is 2.95. The van der Waals surface area contributed by atoms with E-state index in [1.807, 2.05) is 0 Å². The van der Waals surface area contributed by atoms with Crippen molar-refractivity contribution in [2.45, 2.75) is 25.7 Å². The van der Waals surface area contributed by atoms with Crippen molar-refractivity contribution in [2.75, 3.05) is 26.8 Å². The molecule has 21 heavy (non-hydrogen) atoms. The number of unbranched alkanes of at least 4 members (excludes halogenated alkanes) is 2. The van der Waals surface area contributed by atoms with Crippen LogP contribution < -0.4 is 0 Å². The van der Waals surface area contributed by atoms with Crippen LogP contribution in [-0.2, 0) is 0 Å². The van der Waals surface area contributed by atoms with Crippen molar-refractivity contribution in [3.63, 3.8) is 0 Å². The number of carbonyl (C=O) groups excluding carboxylic acids is 1. The van der Waals surface area contributed by atoms with Crippen LogP contribution in [0, 0.1) is 11.8 Å². The molecule has 0 spiro atoms. The Labute approximate surface area is 125 Å². The molecule has 1 amide bonds. The van der Waals surface area contributed by atoms with Crippen molar-refractivity contribution < 1.29 is 15.0 Å². The summed E-state index contributed by atoms with van der Waals surface area (Å²) in [6.07, 6.45) is 4.53. The van der Waals surface area contributed by atoms with Crippen LogP contribution in [0.2, 0.25) is 0 Å². The van der Waals surface area contributed by atoms with Crippen LogP contribution in [0.15, 0.2) is 18.3 Å². The van der Waals surface area contributed by atoms with Crippen molar-refractivity contribution in [1.82, 2.24) is 9.88 Å². The Hall–Kier alpha value is -1.90. The second-order valence-electron chi connectivity index (χ2n) is 4.72. The van der Waals surface area contributed by atoms with Gasteiger partial charge in [-0.15, -0.1) is 0 Å². The van der Waals surface area contributed by atoms with Crippen molar-refractivity contribution >= 4 is 5.91 Å². The van der Waals surface area contributed by atoms with Crippen LogP contribution in [0.1, 0.15) is 41.7 Å². The molecule has 0 unspecified atom stereocenters. The predicted molar refractivity (Wildman–Crippen MR) is 80.7 cm³/mol. The first-order valence-corrected chi connectivity index (χ1v) is 7.11. The third kappa shape index (κ3) is 6.39. The number of amides is 1. The molecule has 1 aromatic rings. The molecule has 0 aliphatic heterocycles. The molecule has 0 saturated carbocycles. The molecule has 1 aromatic heterocycles. The smallest absolute Gasteiger partial charge is 0.272 e. The maximum absolute atomic E-state index is 12.1. The fourth-order valence-electron chi connectivity index (χ4n) is 1.75. The average Bonchev–Trinajstić information content (AvgIpc) is 2.51. The highest BCUT2D eigenvalue weighted by Gasteiger charge is 2.12. The number of aliphatic hydroxyl groups excluding tert-OH is 2. The van der Waals surface area contributed by atoms with Gasteiger partial charge in [-0.3, -0.25) is 4.79 Å². The minimum absolute atomic E-state index is 0.0398. The van der Waals surface area contributed by atoms with Crippen molar-refractivity contribution in [3.8, 4) is 11.8 Å². The summed E-state index contributed by atoms with van der Waals surface area (Å²) in [5, 5.41) is 17.4. The summed E-state index contributed by atoms with van der Waals surface area (Å²) < 4.78 is 0. The Bertz CT molecular complexity index is 488. The SMILES string of the molecule is CN(CCCCCO)C(=O)c1ccc(C#CCCO)cn1. The number of rotatable bonds is 7. The first kappa shape index (κ1) is 17.2. The van der Waals surface area contributed by atoms with E-state index in [0.29, 0.717) is 18.7 Å². The molecule has 2 N–H and O–H groups in total. The second kappa shape index (κ2) is 9.92. The fourth-order valence-corrected chi connectivity index (χ4v) is 1.75. The van der Waals surface area contributed by atoms with E-state index in [9.17, 15) is 4.79 Å². The van der Waals surface area contributed by atoms with E-state index in [1.165, 1.54) is 0 Å². The highest BCUT2D eigenvalue weighted by atomic mass is 16.3. The van der Waals surface area contributed by atoms with E-state index >= 15 is 0 Å². The van der Waals surface area contributed by atoms with Crippen molar-refractivity contribution in [1.29, 1.82) is 0 Å². The molecular formula is C16H22N2O3. The van der Waals surface area contributed by atoms with Gasteiger partial charge in [0.05, 0.1) is 6.61 Å². The zero-order valence-corrected chi connectivity index (χ0v) is 12.4. The lowest BCUT2D eigenvalue weighted by Gasteiger charge is -2.16. The molecule has 5 heteroatoms. The van der Waals surface area contributed by atoms with Gasteiger partial charge in [-0.05, 0) is 31.4 Å². The number of hydrogen-bond donors (Lipinski definition) is 2. The summed E-state index contributed by atoms with van der Waals surface area (Å²) in [5.74, 6) is 5.56. The van der Waals surface area contributed by atoms with Gasteiger partial charge < -0.3 is 15.1 Å². The topological polar surface area (TPSA) is 73.7 Å². The van der Waals surface area contributed by atoms with Crippen LogP contribution in [0.25, 0.3) is 0 Å². The molecule has 114 valence electrons. The van der Waals surface area contributed by atoms with Crippen LogP contribution >= 0.6 is 0 Å². The molecule has 0 saturated heterocycles. The van der Waals surface area contributed by atoms with Crippen LogP contribution in [0.5, 0.6) is 0 Å². The maximum Gasteiger partial charge on any atom is 0.272 e. The lowest BCUT2D eigenvalue weighted by atomic mass is 10.2. The Morgan fingerprint density at radius 3 is 2.67 bits per heavy atom. The quantitative estimate of drug-likeness (QED) is 0.581.